The van der Waals surface area contributed by atoms with Gasteiger partial charge >= 0.3 is 0 Å². The summed E-state index contributed by atoms with van der Waals surface area (Å²) in [7, 11) is 1.70. The Bertz CT molecular complexity index is 408. The predicted molar refractivity (Wildman–Crippen MR) is 65.3 cm³/mol. The summed E-state index contributed by atoms with van der Waals surface area (Å²) >= 11 is 7.99. The van der Waals surface area contributed by atoms with E-state index in [0.29, 0.717) is 9.23 Å². The van der Waals surface area contributed by atoms with Gasteiger partial charge in [-0.3, -0.25) is 9.69 Å². The van der Waals surface area contributed by atoms with Crippen LogP contribution in [0.5, 0.6) is 0 Å². The number of rotatable bonds is 1. The average molecular weight is 241 g/mol. The molecular weight excluding hydrogens is 234 g/mol. The Kier molecular flexibility index (Phi) is 2.71. The molecule has 0 unspecified atom stereocenters. The van der Waals surface area contributed by atoms with E-state index < -0.39 is 0 Å². The third-order valence-corrected chi connectivity index (χ3v) is 4.01. The Morgan fingerprint density at radius 2 is 2.36 bits per heavy atom. The molecule has 1 saturated heterocycles. The van der Waals surface area contributed by atoms with Gasteiger partial charge in [0.1, 0.15) is 4.32 Å². The molecule has 0 aromatic carbocycles. The fourth-order valence-electron chi connectivity index (χ4n) is 1.05. The maximum atomic E-state index is 11.6. The van der Waals surface area contributed by atoms with Gasteiger partial charge in [0.05, 0.1) is 4.91 Å². The van der Waals surface area contributed by atoms with Crippen molar-refractivity contribution in [3.8, 4) is 0 Å². The summed E-state index contributed by atoms with van der Waals surface area (Å²) in [5, 5.41) is 3.99. The summed E-state index contributed by atoms with van der Waals surface area (Å²) in [6, 6.07) is 1.98. The van der Waals surface area contributed by atoms with Crippen LogP contribution >= 0.6 is 35.3 Å². The molecule has 5 heteroatoms. The van der Waals surface area contributed by atoms with Crippen LogP contribution in [-0.2, 0) is 4.79 Å². The van der Waals surface area contributed by atoms with E-state index in [-0.39, 0.29) is 5.91 Å². The second kappa shape index (κ2) is 3.84. The van der Waals surface area contributed by atoms with Crippen molar-refractivity contribution < 1.29 is 4.79 Å². The molecule has 2 nitrogen and oxygen atoms in total. The highest BCUT2D eigenvalue weighted by atomic mass is 32.2. The fraction of sp³-hybridized carbons (Fsp3) is 0.111. The van der Waals surface area contributed by atoms with Crippen LogP contribution in [0.2, 0.25) is 0 Å². The first-order valence-electron chi connectivity index (χ1n) is 3.92. The molecule has 0 spiro atoms. The van der Waals surface area contributed by atoms with E-state index in [9.17, 15) is 4.79 Å². The molecule has 1 fully saturated rings. The summed E-state index contributed by atoms with van der Waals surface area (Å²) < 4.78 is 0.622. The monoisotopic (exact) mass is 241 g/mol. The molecule has 1 aliphatic rings. The number of thiophene rings is 1. The molecule has 14 heavy (non-hydrogen) atoms. The number of hydrogen-bond acceptors (Lipinski definition) is 4. The normalized spacial score (nSPS) is 19.8. The SMILES string of the molecule is CN1C(=O)/C(=C/c2ccsc2)SC1=S. The van der Waals surface area contributed by atoms with E-state index >= 15 is 0 Å². The Morgan fingerprint density at radius 3 is 2.86 bits per heavy atom. The Balaban J connectivity index is 2.29. The lowest BCUT2D eigenvalue weighted by molar-refractivity contribution is -0.121. The van der Waals surface area contributed by atoms with Gasteiger partial charge < -0.3 is 0 Å². The van der Waals surface area contributed by atoms with Crippen LogP contribution in [0.15, 0.2) is 21.7 Å². The first-order valence-corrected chi connectivity index (χ1v) is 6.09. The molecule has 0 bridgehead atoms. The highest BCUT2D eigenvalue weighted by molar-refractivity contribution is 8.26. The van der Waals surface area contributed by atoms with Crippen molar-refractivity contribution >= 4 is 51.6 Å². The highest BCUT2D eigenvalue weighted by Gasteiger charge is 2.28. The predicted octanol–water partition coefficient (Wildman–Crippen LogP) is 2.58. The molecule has 0 atom stereocenters. The molecule has 1 aromatic rings. The maximum absolute atomic E-state index is 11.6. The van der Waals surface area contributed by atoms with Crippen molar-refractivity contribution in [1.82, 2.24) is 4.90 Å². The van der Waals surface area contributed by atoms with Crippen molar-refractivity contribution in [2.75, 3.05) is 7.05 Å². The molecule has 0 N–H and O–H groups in total. The number of thiocarbonyl (C=S) groups is 1. The summed E-state index contributed by atoms with van der Waals surface area (Å²) in [5.41, 5.74) is 1.06. The van der Waals surface area contributed by atoms with Gasteiger partial charge in [-0.2, -0.15) is 11.3 Å². The third kappa shape index (κ3) is 1.75. The van der Waals surface area contributed by atoms with Gasteiger partial charge in [-0.25, -0.2) is 0 Å². The maximum Gasteiger partial charge on any atom is 0.265 e. The van der Waals surface area contributed by atoms with E-state index in [1.165, 1.54) is 16.7 Å². The quantitative estimate of drug-likeness (QED) is 0.557. The summed E-state index contributed by atoms with van der Waals surface area (Å²) in [6.45, 7) is 0. The van der Waals surface area contributed by atoms with Gasteiger partial charge in [0, 0.05) is 7.05 Å². The van der Waals surface area contributed by atoms with Gasteiger partial charge in [0.25, 0.3) is 5.91 Å². The van der Waals surface area contributed by atoms with Crippen molar-refractivity contribution in [2.45, 2.75) is 0 Å². The lowest BCUT2D eigenvalue weighted by Gasteiger charge is -2.03. The number of thioether (sulfide) groups is 1. The average Bonchev–Trinajstić information content (AvgIpc) is 2.73. The zero-order valence-corrected chi connectivity index (χ0v) is 9.84. The standard InChI is InChI=1S/C9H7NOS3/c1-10-8(11)7(14-9(10)12)4-6-2-3-13-5-6/h2-5H,1H3/b7-4-. The highest BCUT2D eigenvalue weighted by Crippen LogP contribution is 2.31. The molecule has 1 aliphatic heterocycles. The topological polar surface area (TPSA) is 20.3 Å². The van der Waals surface area contributed by atoms with Crippen molar-refractivity contribution in [3.05, 3.63) is 27.3 Å². The van der Waals surface area contributed by atoms with E-state index in [0.717, 1.165) is 5.56 Å². The van der Waals surface area contributed by atoms with Crippen LogP contribution in [0.1, 0.15) is 5.56 Å². The van der Waals surface area contributed by atoms with Gasteiger partial charge in [-0.1, -0.05) is 24.0 Å². The molecule has 0 aliphatic carbocycles. The van der Waals surface area contributed by atoms with Crippen LogP contribution in [0.25, 0.3) is 6.08 Å². The summed E-state index contributed by atoms with van der Waals surface area (Å²) in [4.78, 5) is 13.8. The third-order valence-electron chi connectivity index (χ3n) is 1.83. The first kappa shape index (κ1) is 9.89. The van der Waals surface area contributed by atoms with E-state index in [4.69, 9.17) is 12.2 Å². The van der Waals surface area contributed by atoms with Crippen LogP contribution < -0.4 is 0 Å². The molecule has 0 radical (unpaired) electrons. The Hall–Kier alpha value is -0.650. The van der Waals surface area contributed by atoms with Crippen LogP contribution in [0, 0.1) is 0 Å². The number of likely N-dealkylation sites (N-methyl/N-ethyl adjacent to an activating group) is 1. The van der Waals surface area contributed by atoms with Crippen molar-refractivity contribution in [1.29, 1.82) is 0 Å². The zero-order chi connectivity index (χ0) is 10.1. The Morgan fingerprint density at radius 1 is 1.57 bits per heavy atom. The lowest BCUT2D eigenvalue weighted by atomic mass is 10.3. The van der Waals surface area contributed by atoms with Gasteiger partial charge in [0.15, 0.2) is 0 Å². The van der Waals surface area contributed by atoms with Crippen LogP contribution in [0.4, 0.5) is 0 Å². The fourth-order valence-corrected chi connectivity index (χ4v) is 2.85. The molecule has 72 valence electrons. The first-order chi connectivity index (χ1) is 6.68. The minimum absolute atomic E-state index is 0.00815. The van der Waals surface area contributed by atoms with Gasteiger partial charge in [-0.05, 0) is 28.5 Å². The van der Waals surface area contributed by atoms with Crippen molar-refractivity contribution in [3.63, 3.8) is 0 Å². The minimum atomic E-state index is -0.00815. The minimum Gasteiger partial charge on any atom is -0.296 e. The number of carbonyl (C=O) groups is 1. The summed E-state index contributed by atoms with van der Waals surface area (Å²) in [6.07, 6.45) is 1.87. The number of nitrogens with zero attached hydrogens (tertiary/aromatic N) is 1. The second-order valence-electron chi connectivity index (χ2n) is 2.80. The summed E-state index contributed by atoms with van der Waals surface area (Å²) in [5.74, 6) is -0.00815. The zero-order valence-electron chi connectivity index (χ0n) is 7.39. The van der Waals surface area contributed by atoms with Gasteiger partial charge in [0.2, 0.25) is 0 Å². The molecular formula is C9H7NOS3. The van der Waals surface area contributed by atoms with E-state index in [1.54, 1.807) is 18.4 Å². The van der Waals surface area contributed by atoms with E-state index in [1.807, 2.05) is 22.9 Å². The number of amides is 1. The van der Waals surface area contributed by atoms with E-state index in [2.05, 4.69) is 0 Å². The number of carbonyl (C=O) groups excluding carboxylic acids is 1. The molecule has 0 saturated carbocycles. The molecule has 2 rings (SSSR count). The van der Waals surface area contributed by atoms with Crippen molar-refractivity contribution in [2.24, 2.45) is 0 Å². The Labute approximate surface area is 95.6 Å². The van der Waals surface area contributed by atoms with Crippen LogP contribution in [-0.4, -0.2) is 22.2 Å². The largest absolute Gasteiger partial charge is 0.296 e. The molecule has 2 heterocycles. The molecule has 1 aromatic heterocycles. The van der Waals surface area contributed by atoms with Gasteiger partial charge in [-0.15, -0.1) is 0 Å². The second-order valence-corrected chi connectivity index (χ2v) is 5.25. The van der Waals surface area contributed by atoms with Crippen LogP contribution in [0.3, 0.4) is 0 Å². The number of hydrogen-bond donors (Lipinski definition) is 0. The lowest BCUT2D eigenvalue weighted by Crippen LogP contribution is -2.22. The molecule has 1 amide bonds. The smallest absolute Gasteiger partial charge is 0.265 e.